The van der Waals surface area contributed by atoms with Gasteiger partial charge in [0.25, 0.3) is 0 Å². The van der Waals surface area contributed by atoms with E-state index in [4.69, 9.17) is 4.74 Å². The molecule has 0 aromatic heterocycles. The predicted molar refractivity (Wildman–Crippen MR) is 64.1 cm³/mol. The Hall–Kier alpha value is -0.610. The first-order chi connectivity index (χ1) is 7.65. The minimum Gasteiger partial charge on any atom is -0.385 e. The number of amides is 1. The summed E-state index contributed by atoms with van der Waals surface area (Å²) in [5.74, 6) is 0.834. The minimum absolute atomic E-state index is 0.0439. The maximum absolute atomic E-state index is 11.9. The number of ether oxygens (including phenoxy) is 1. The van der Waals surface area contributed by atoms with Crippen molar-refractivity contribution in [1.29, 1.82) is 0 Å². The number of methoxy groups -OCH3 is 1. The number of hydrogen-bond donors (Lipinski definition) is 1. The molecule has 1 rings (SSSR count). The number of carbonyl (C=O) groups excluding carboxylic acids is 1. The SMILES string of the molecule is COCCCCN1CNC(CC(C)C)C1=O. The van der Waals surface area contributed by atoms with Crippen LogP contribution in [0.5, 0.6) is 0 Å². The van der Waals surface area contributed by atoms with E-state index >= 15 is 0 Å². The van der Waals surface area contributed by atoms with Gasteiger partial charge in [0.15, 0.2) is 0 Å². The Balaban J connectivity index is 2.22. The maximum Gasteiger partial charge on any atom is 0.240 e. The Bertz CT molecular complexity index is 219. The second-order valence-electron chi connectivity index (χ2n) is 4.85. The smallest absolute Gasteiger partial charge is 0.240 e. The van der Waals surface area contributed by atoms with E-state index in [1.807, 2.05) is 4.90 Å². The molecule has 1 N–H and O–H groups in total. The van der Waals surface area contributed by atoms with E-state index in [2.05, 4.69) is 19.2 Å². The number of hydrogen-bond acceptors (Lipinski definition) is 3. The van der Waals surface area contributed by atoms with Crippen molar-refractivity contribution in [2.45, 2.75) is 39.2 Å². The average Bonchev–Trinajstić information content (AvgIpc) is 2.56. The van der Waals surface area contributed by atoms with Crippen LogP contribution in [0.15, 0.2) is 0 Å². The van der Waals surface area contributed by atoms with Crippen molar-refractivity contribution in [2.24, 2.45) is 5.92 Å². The van der Waals surface area contributed by atoms with Gasteiger partial charge in [0, 0.05) is 20.3 Å². The summed E-state index contributed by atoms with van der Waals surface area (Å²) in [7, 11) is 1.71. The number of nitrogens with one attached hydrogen (secondary N) is 1. The first-order valence-corrected chi connectivity index (χ1v) is 6.16. The molecule has 1 amide bonds. The lowest BCUT2D eigenvalue weighted by atomic mass is 10.0. The van der Waals surface area contributed by atoms with Crippen molar-refractivity contribution in [3.05, 3.63) is 0 Å². The van der Waals surface area contributed by atoms with Crippen molar-refractivity contribution in [3.63, 3.8) is 0 Å². The first-order valence-electron chi connectivity index (χ1n) is 6.16. The second kappa shape index (κ2) is 6.86. The van der Waals surface area contributed by atoms with Gasteiger partial charge in [-0.25, -0.2) is 0 Å². The molecule has 0 saturated carbocycles. The summed E-state index contributed by atoms with van der Waals surface area (Å²) in [5.41, 5.74) is 0. The van der Waals surface area contributed by atoms with Crippen LogP contribution in [-0.4, -0.2) is 43.8 Å². The molecule has 0 spiro atoms. The highest BCUT2D eigenvalue weighted by molar-refractivity contribution is 5.83. The minimum atomic E-state index is 0.0439. The van der Waals surface area contributed by atoms with Crippen LogP contribution >= 0.6 is 0 Å². The fourth-order valence-corrected chi connectivity index (χ4v) is 2.00. The molecular weight excluding hydrogens is 204 g/mol. The normalized spacial score (nSPS) is 21.1. The van der Waals surface area contributed by atoms with E-state index in [-0.39, 0.29) is 11.9 Å². The quantitative estimate of drug-likeness (QED) is 0.666. The number of carbonyl (C=O) groups is 1. The van der Waals surface area contributed by atoms with Crippen LogP contribution in [0, 0.1) is 5.92 Å². The van der Waals surface area contributed by atoms with Crippen LogP contribution in [0.3, 0.4) is 0 Å². The molecule has 94 valence electrons. The van der Waals surface area contributed by atoms with Crippen molar-refractivity contribution in [2.75, 3.05) is 26.9 Å². The Morgan fingerprint density at radius 3 is 2.88 bits per heavy atom. The molecular formula is C12H24N2O2. The van der Waals surface area contributed by atoms with Gasteiger partial charge in [-0.15, -0.1) is 0 Å². The number of unbranched alkanes of at least 4 members (excludes halogenated alkanes) is 1. The van der Waals surface area contributed by atoms with E-state index in [9.17, 15) is 4.79 Å². The van der Waals surface area contributed by atoms with Crippen LogP contribution in [0.4, 0.5) is 0 Å². The molecule has 1 fully saturated rings. The van der Waals surface area contributed by atoms with E-state index in [0.29, 0.717) is 12.6 Å². The van der Waals surface area contributed by atoms with Gasteiger partial charge in [-0.3, -0.25) is 10.1 Å². The highest BCUT2D eigenvalue weighted by Crippen LogP contribution is 2.13. The fourth-order valence-electron chi connectivity index (χ4n) is 2.00. The van der Waals surface area contributed by atoms with Crippen LogP contribution < -0.4 is 5.32 Å². The molecule has 0 bridgehead atoms. The lowest BCUT2D eigenvalue weighted by Crippen LogP contribution is -2.32. The van der Waals surface area contributed by atoms with Crippen LogP contribution in [-0.2, 0) is 9.53 Å². The van der Waals surface area contributed by atoms with Gasteiger partial charge in [0.1, 0.15) is 0 Å². The summed E-state index contributed by atoms with van der Waals surface area (Å²) in [4.78, 5) is 13.9. The van der Waals surface area contributed by atoms with Crippen molar-refractivity contribution >= 4 is 5.91 Å². The molecule has 1 saturated heterocycles. The number of rotatable bonds is 7. The van der Waals surface area contributed by atoms with E-state index in [1.165, 1.54) is 0 Å². The van der Waals surface area contributed by atoms with E-state index < -0.39 is 0 Å². The highest BCUT2D eigenvalue weighted by Gasteiger charge is 2.30. The van der Waals surface area contributed by atoms with Crippen molar-refractivity contribution in [1.82, 2.24) is 10.2 Å². The highest BCUT2D eigenvalue weighted by atomic mass is 16.5. The lowest BCUT2D eigenvalue weighted by Gasteiger charge is -2.15. The third kappa shape index (κ3) is 4.10. The van der Waals surface area contributed by atoms with Gasteiger partial charge < -0.3 is 9.64 Å². The Kier molecular flexibility index (Phi) is 5.77. The summed E-state index contributed by atoms with van der Waals surface area (Å²) < 4.78 is 4.99. The molecule has 0 aromatic rings. The van der Waals surface area contributed by atoms with Crippen LogP contribution in [0.1, 0.15) is 33.1 Å². The van der Waals surface area contributed by atoms with Gasteiger partial charge in [-0.2, -0.15) is 0 Å². The number of nitrogens with zero attached hydrogens (tertiary/aromatic N) is 1. The molecule has 0 aliphatic carbocycles. The summed E-state index contributed by atoms with van der Waals surface area (Å²) in [6.07, 6.45) is 2.98. The maximum atomic E-state index is 11.9. The second-order valence-corrected chi connectivity index (χ2v) is 4.85. The zero-order valence-electron chi connectivity index (χ0n) is 10.7. The van der Waals surface area contributed by atoms with Crippen molar-refractivity contribution in [3.8, 4) is 0 Å². The zero-order valence-corrected chi connectivity index (χ0v) is 10.7. The summed E-state index contributed by atoms with van der Waals surface area (Å²) in [6.45, 7) is 6.64. The zero-order chi connectivity index (χ0) is 12.0. The summed E-state index contributed by atoms with van der Waals surface area (Å²) in [5, 5.41) is 3.27. The largest absolute Gasteiger partial charge is 0.385 e. The van der Waals surface area contributed by atoms with Gasteiger partial charge in [0.05, 0.1) is 12.7 Å². The summed E-state index contributed by atoms with van der Waals surface area (Å²) >= 11 is 0. The van der Waals surface area contributed by atoms with Crippen LogP contribution in [0.25, 0.3) is 0 Å². The monoisotopic (exact) mass is 228 g/mol. The third-order valence-corrected chi connectivity index (χ3v) is 2.87. The van der Waals surface area contributed by atoms with Gasteiger partial charge in [-0.05, 0) is 25.2 Å². The fraction of sp³-hybridized carbons (Fsp3) is 0.917. The molecule has 1 aliphatic heterocycles. The molecule has 4 heteroatoms. The molecule has 1 atom stereocenters. The molecule has 16 heavy (non-hydrogen) atoms. The van der Waals surface area contributed by atoms with Gasteiger partial charge >= 0.3 is 0 Å². The topological polar surface area (TPSA) is 41.6 Å². The molecule has 0 aromatic carbocycles. The molecule has 1 aliphatic rings. The Labute approximate surface area is 98.3 Å². The molecule has 1 heterocycles. The van der Waals surface area contributed by atoms with Crippen LogP contribution in [0.2, 0.25) is 0 Å². The van der Waals surface area contributed by atoms with E-state index in [0.717, 1.165) is 32.4 Å². The Morgan fingerprint density at radius 2 is 2.25 bits per heavy atom. The average molecular weight is 228 g/mol. The first kappa shape index (κ1) is 13.5. The third-order valence-electron chi connectivity index (χ3n) is 2.87. The summed E-state index contributed by atoms with van der Waals surface area (Å²) in [6, 6.07) is 0.0439. The molecule has 0 radical (unpaired) electrons. The standard InChI is InChI=1S/C12H24N2O2/c1-10(2)8-11-12(15)14(9-13-11)6-4-5-7-16-3/h10-11,13H,4-9H2,1-3H3. The van der Waals surface area contributed by atoms with Gasteiger partial charge in [0.2, 0.25) is 5.91 Å². The molecule has 1 unspecified atom stereocenters. The van der Waals surface area contributed by atoms with Crippen molar-refractivity contribution < 1.29 is 9.53 Å². The Morgan fingerprint density at radius 1 is 1.50 bits per heavy atom. The van der Waals surface area contributed by atoms with Gasteiger partial charge in [-0.1, -0.05) is 13.8 Å². The lowest BCUT2D eigenvalue weighted by molar-refractivity contribution is -0.129. The van der Waals surface area contributed by atoms with E-state index in [1.54, 1.807) is 7.11 Å². The molecule has 4 nitrogen and oxygen atoms in total. The predicted octanol–water partition coefficient (Wildman–Crippen LogP) is 1.22.